The van der Waals surface area contributed by atoms with Crippen LogP contribution in [0.15, 0.2) is 0 Å². The molecule has 0 heterocycles. The Morgan fingerprint density at radius 3 is 0.632 bits per heavy atom. The molecule has 0 aromatic rings. The minimum absolute atomic E-state index is 0.698. The maximum atomic E-state index is 16.0. The molecule has 0 rings (SSSR count). The summed E-state index contributed by atoms with van der Waals surface area (Å²) in [6, 6.07) is 0. The summed E-state index contributed by atoms with van der Waals surface area (Å²) >= 11 is -24.2. The third-order valence-electron chi connectivity index (χ3n) is 7.07. The molecule has 0 unspecified atom stereocenters. The Kier molecular flexibility index (Phi) is 17.6. The van der Waals surface area contributed by atoms with Crippen LogP contribution in [-0.4, -0.2) is 116 Å². The molecule has 0 saturated heterocycles. The zero-order valence-electron chi connectivity index (χ0n) is 27.9. The van der Waals surface area contributed by atoms with E-state index in [1.54, 1.807) is 0 Å². The summed E-state index contributed by atoms with van der Waals surface area (Å²) in [7, 11) is 0. The molecule has 0 amide bonds. The van der Waals surface area contributed by atoms with Gasteiger partial charge >= 0.3 is 311 Å². The molecule has 0 aliphatic heterocycles. The third kappa shape index (κ3) is 12.3. The standard InChI is InChI=1S/4C4H2F7.2C4H9O.O.2Sn/c4*5-2(6)3(7,8)1-4(9,10)11;2*1-2-3-4-5;;;/h4*1H2;2*2-4H2,1H3;;;/q;;;;2*-1;;2*+1. The van der Waals surface area contributed by atoms with Crippen molar-refractivity contribution in [3.63, 3.8) is 0 Å². The molecule has 0 fully saturated rings. The first kappa shape index (κ1) is 56.5. The van der Waals surface area contributed by atoms with Crippen LogP contribution in [0, 0.1) is 0 Å². The molecule has 0 aromatic heterocycles. The number of hydrogen-bond donors (Lipinski definition) is 0. The van der Waals surface area contributed by atoms with Gasteiger partial charge in [-0.25, -0.2) is 0 Å². The van der Waals surface area contributed by atoms with Crippen molar-refractivity contribution in [3.8, 4) is 0 Å². The predicted molar refractivity (Wildman–Crippen MR) is 137 cm³/mol. The van der Waals surface area contributed by atoms with Crippen molar-refractivity contribution in [2.24, 2.45) is 0 Å². The molecule has 344 valence electrons. The Hall–Kier alpha value is -0.483. The number of unbranched alkanes of at least 4 members (excludes halogenated alkanes) is 2. The minimum atomic E-state index is -12.1. The van der Waals surface area contributed by atoms with E-state index in [-0.39, 0.29) is 0 Å². The van der Waals surface area contributed by atoms with Gasteiger partial charge in [0.15, 0.2) is 0 Å². The van der Waals surface area contributed by atoms with Gasteiger partial charge in [0.1, 0.15) is 0 Å². The van der Waals surface area contributed by atoms with E-state index in [2.05, 4.69) is 7.56 Å². The van der Waals surface area contributed by atoms with Gasteiger partial charge in [-0.05, 0) is 0 Å². The zero-order valence-corrected chi connectivity index (χ0v) is 33.6. The van der Waals surface area contributed by atoms with Gasteiger partial charge in [-0.15, -0.1) is 0 Å². The topological polar surface area (TPSA) is 27.7 Å². The van der Waals surface area contributed by atoms with E-state index in [0.717, 1.165) is 0 Å². The van der Waals surface area contributed by atoms with Gasteiger partial charge in [-0.3, -0.25) is 0 Å². The number of rotatable bonds is 22. The molecule has 0 spiro atoms. The fraction of sp³-hybridized carbons (Fsp3) is 1.00. The van der Waals surface area contributed by atoms with Gasteiger partial charge in [0.05, 0.1) is 0 Å². The summed E-state index contributed by atoms with van der Waals surface area (Å²) in [5, 5.41) is 0. The van der Waals surface area contributed by atoms with Crippen LogP contribution in [0.4, 0.5) is 123 Å². The quantitative estimate of drug-likeness (QED) is 0.0614. The van der Waals surface area contributed by atoms with Crippen LogP contribution in [0.2, 0.25) is 0 Å². The first-order chi connectivity index (χ1) is 24.7. The van der Waals surface area contributed by atoms with Crippen molar-refractivity contribution in [3.05, 3.63) is 0 Å². The maximum absolute atomic E-state index is 16.0. The van der Waals surface area contributed by atoms with Crippen LogP contribution in [0.3, 0.4) is 0 Å². The molecule has 0 atom stereocenters. The summed E-state index contributed by atoms with van der Waals surface area (Å²) < 4.78 is 381. The van der Waals surface area contributed by atoms with Crippen LogP contribution in [0.5, 0.6) is 0 Å². The Balaban J connectivity index is 9.66. The fourth-order valence-electron chi connectivity index (χ4n) is 4.41. The summed E-state index contributed by atoms with van der Waals surface area (Å²) in [4.78, 5) is 0. The second kappa shape index (κ2) is 17.7. The van der Waals surface area contributed by atoms with Gasteiger partial charge in [0, 0.05) is 0 Å². The van der Waals surface area contributed by atoms with Gasteiger partial charge in [0.2, 0.25) is 0 Å². The summed E-state index contributed by atoms with van der Waals surface area (Å²) in [6.07, 6.45) is -51.8. The van der Waals surface area contributed by atoms with Crippen LogP contribution in [0.1, 0.15) is 65.2 Å². The van der Waals surface area contributed by atoms with Crippen molar-refractivity contribution in [2.45, 2.75) is 129 Å². The van der Waals surface area contributed by atoms with Gasteiger partial charge < -0.3 is 0 Å². The number of alkyl halides is 28. The Labute approximate surface area is 311 Å². The third-order valence-corrected chi connectivity index (χ3v) is 36.8. The van der Waals surface area contributed by atoms with Gasteiger partial charge in [-0.1, -0.05) is 0 Å². The summed E-state index contributed by atoms with van der Waals surface area (Å²) in [5.74, 6) is -31.4. The van der Waals surface area contributed by atoms with Crippen molar-refractivity contribution < 1.29 is 130 Å². The van der Waals surface area contributed by atoms with Crippen molar-refractivity contribution in [1.82, 2.24) is 0 Å². The number of halogens is 28. The molecular formula is C24H26F28O3Sn2. The SMILES string of the molecule is CCCC[O][Sn]([O][Sn]([O]CCCC)([C](F)(F)C(F)(F)CC(F)(F)F)[C](F)(F)C(F)(F)CC(F)(F)F)([C](F)(F)C(F)(F)CC(F)(F)F)[C](F)(F)C(F)(F)CC(F)(F)F. The van der Waals surface area contributed by atoms with E-state index in [1.165, 1.54) is 0 Å². The van der Waals surface area contributed by atoms with E-state index in [0.29, 0.717) is 13.8 Å². The Morgan fingerprint density at radius 2 is 0.491 bits per heavy atom. The number of hydrogen-bond acceptors (Lipinski definition) is 3. The Bertz CT molecular complexity index is 1110. The second-order valence-corrected chi connectivity index (χ2v) is 32.4. The average Bonchev–Trinajstić information content (AvgIpc) is 2.90. The average molecular weight is 1130 g/mol. The zero-order chi connectivity index (χ0) is 46.2. The van der Waals surface area contributed by atoms with Crippen molar-refractivity contribution >= 4 is 38.4 Å². The molecule has 0 bridgehead atoms. The molecular weight excluding hydrogens is 1110 g/mol. The molecule has 0 aliphatic carbocycles. The molecule has 57 heavy (non-hydrogen) atoms. The van der Waals surface area contributed by atoms with Gasteiger partial charge in [-0.2, -0.15) is 0 Å². The molecule has 0 radical (unpaired) electrons. The van der Waals surface area contributed by atoms with E-state index < -0.39 is 167 Å². The monoisotopic (exact) mass is 1130 g/mol. The van der Waals surface area contributed by atoms with E-state index in [1.807, 2.05) is 0 Å². The van der Waals surface area contributed by atoms with E-state index in [9.17, 15) is 87.8 Å². The predicted octanol–water partition coefficient (Wildman–Crippen LogP) is 12.6. The van der Waals surface area contributed by atoms with Crippen LogP contribution >= 0.6 is 0 Å². The van der Waals surface area contributed by atoms with Crippen molar-refractivity contribution in [1.29, 1.82) is 0 Å². The molecule has 0 aromatic carbocycles. The van der Waals surface area contributed by atoms with Crippen LogP contribution in [-0.2, 0) is 7.56 Å². The Morgan fingerprint density at radius 1 is 0.316 bits per heavy atom. The molecule has 0 saturated carbocycles. The molecule has 0 N–H and O–H groups in total. The van der Waals surface area contributed by atoms with Crippen molar-refractivity contribution in [2.75, 3.05) is 13.2 Å². The molecule has 33 heteroatoms. The summed E-state index contributed by atoms with van der Waals surface area (Å²) in [6.45, 7) is -3.92. The fourth-order valence-corrected chi connectivity index (χ4v) is 40.5. The first-order valence-electron chi connectivity index (χ1n) is 14.9. The first-order valence-corrected chi connectivity index (χ1v) is 25.3. The second-order valence-electron chi connectivity index (χ2n) is 12.0. The van der Waals surface area contributed by atoms with Crippen LogP contribution in [0.25, 0.3) is 0 Å². The normalized spacial score (nSPS) is 16.1. The van der Waals surface area contributed by atoms with Gasteiger partial charge in [0.25, 0.3) is 0 Å². The molecule has 3 nitrogen and oxygen atoms in total. The summed E-state index contributed by atoms with van der Waals surface area (Å²) in [5.41, 5.74) is 0. The van der Waals surface area contributed by atoms with Crippen LogP contribution < -0.4 is 0 Å². The van der Waals surface area contributed by atoms with E-state index >= 15 is 35.1 Å². The molecule has 0 aliphatic rings. The van der Waals surface area contributed by atoms with E-state index in [4.69, 9.17) is 0 Å².